The van der Waals surface area contributed by atoms with Crippen LogP contribution in [0, 0.1) is 0 Å². The van der Waals surface area contributed by atoms with Gasteiger partial charge in [-0.2, -0.15) is 0 Å². The van der Waals surface area contributed by atoms with Crippen LogP contribution in [0.1, 0.15) is 32.3 Å². The molecule has 0 aliphatic heterocycles. The van der Waals surface area contributed by atoms with E-state index in [-0.39, 0.29) is 5.97 Å². The average Bonchev–Trinajstić information content (AvgIpc) is 2.36. The first kappa shape index (κ1) is 14.2. The maximum atomic E-state index is 11.2. The highest BCUT2D eigenvalue weighted by atomic mass is 16.5. The third-order valence-corrected chi connectivity index (χ3v) is 2.47. The number of allylic oxidation sites excluding steroid dienone is 2. The van der Waals surface area contributed by atoms with Crippen molar-refractivity contribution in [1.82, 2.24) is 0 Å². The minimum atomic E-state index is -0.248. The molecule has 1 aromatic carbocycles. The lowest BCUT2D eigenvalue weighted by Gasteiger charge is -1.99. The van der Waals surface area contributed by atoms with Crippen LogP contribution >= 0.6 is 0 Å². The molecular formula is C16H20O2. The first-order valence-corrected chi connectivity index (χ1v) is 6.28. The molecule has 2 heteroatoms. The first-order valence-electron chi connectivity index (χ1n) is 6.28. The Labute approximate surface area is 109 Å². The monoisotopic (exact) mass is 244 g/mol. The maximum Gasteiger partial charge on any atom is 0.330 e. The summed E-state index contributed by atoms with van der Waals surface area (Å²) in [5.74, 6) is -0.248. The predicted octanol–water partition coefficient (Wildman–Crippen LogP) is 3.99. The van der Waals surface area contributed by atoms with Crippen molar-refractivity contribution >= 4 is 12.0 Å². The highest BCUT2D eigenvalue weighted by Crippen LogP contribution is 2.07. The number of carbonyl (C=O) groups is 1. The van der Waals surface area contributed by atoms with E-state index in [1.807, 2.05) is 32.0 Å². The zero-order chi connectivity index (χ0) is 13.2. The molecule has 18 heavy (non-hydrogen) atoms. The number of carbonyl (C=O) groups excluding carboxylic acids is 1. The van der Waals surface area contributed by atoms with Crippen molar-refractivity contribution in [1.29, 1.82) is 0 Å². The summed E-state index contributed by atoms with van der Waals surface area (Å²) < 4.78 is 4.85. The van der Waals surface area contributed by atoms with Gasteiger partial charge in [0.15, 0.2) is 0 Å². The molecule has 2 nitrogen and oxygen atoms in total. The van der Waals surface area contributed by atoms with Crippen LogP contribution in [0.15, 0.2) is 48.1 Å². The van der Waals surface area contributed by atoms with Crippen LogP contribution in [0.4, 0.5) is 0 Å². The van der Waals surface area contributed by atoms with Crippen LogP contribution in [0.2, 0.25) is 0 Å². The molecule has 0 spiro atoms. The minimum Gasteiger partial charge on any atom is -0.463 e. The third kappa shape index (κ3) is 6.04. The molecule has 0 aliphatic carbocycles. The van der Waals surface area contributed by atoms with Crippen LogP contribution in [0.25, 0.3) is 6.08 Å². The number of hydrogen-bond acceptors (Lipinski definition) is 2. The van der Waals surface area contributed by atoms with Crippen molar-refractivity contribution in [2.75, 3.05) is 6.61 Å². The number of rotatable bonds is 6. The molecule has 0 bridgehead atoms. The number of esters is 1. The molecule has 0 N–H and O–H groups in total. The molecule has 0 aliphatic rings. The molecule has 0 atom stereocenters. The summed E-state index contributed by atoms with van der Waals surface area (Å²) in [5.41, 5.74) is 2.25. The van der Waals surface area contributed by atoms with Gasteiger partial charge in [-0.1, -0.05) is 48.1 Å². The summed E-state index contributed by atoms with van der Waals surface area (Å²) in [5, 5.41) is 0. The second kappa shape index (κ2) is 8.29. The molecular weight excluding hydrogens is 224 g/mol. The predicted molar refractivity (Wildman–Crippen MR) is 75.1 cm³/mol. The van der Waals surface area contributed by atoms with E-state index in [4.69, 9.17) is 4.74 Å². The lowest BCUT2D eigenvalue weighted by atomic mass is 10.1. The fourth-order valence-corrected chi connectivity index (χ4v) is 1.55. The van der Waals surface area contributed by atoms with E-state index >= 15 is 0 Å². The molecule has 1 aromatic rings. The Kier molecular flexibility index (Phi) is 6.55. The van der Waals surface area contributed by atoms with Crippen molar-refractivity contribution in [3.05, 3.63) is 53.6 Å². The quantitative estimate of drug-likeness (QED) is 0.558. The molecule has 0 amide bonds. The number of benzene rings is 1. The van der Waals surface area contributed by atoms with Gasteiger partial charge in [0.25, 0.3) is 0 Å². The number of hydrogen-bond donors (Lipinski definition) is 0. The highest BCUT2D eigenvalue weighted by Gasteiger charge is 1.96. The summed E-state index contributed by atoms with van der Waals surface area (Å²) in [6.07, 6.45) is 7.59. The Hall–Kier alpha value is -1.83. The fraction of sp³-hybridized carbons (Fsp3) is 0.312. The third-order valence-electron chi connectivity index (χ3n) is 2.47. The van der Waals surface area contributed by atoms with Crippen LogP contribution in [0.5, 0.6) is 0 Å². The SMILES string of the molecule is CCOC(=O)/C=C(\C)CC/C=C/c1ccccc1. The molecule has 0 heterocycles. The Morgan fingerprint density at radius 1 is 1.28 bits per heavy atom. The second-order valence-corrected chi connectivity index (χ2v) is 4.09. The van der Waals surface area contributed by atoms with Crippen molar-refractivity contribution in [3.8, 4) is 0 Å². The standard InChI is InChI=1S/C16H20O2/c1-3-18-16(17)13-14(2)9-7-8-12-15-10-5-4-6-11-15/h4-6,8,10-13H,3,7,9H2,1-2H3/b12-8+,14-13+. The summed E-state index contributed by atoms with van der Waals surface area (Å²) in [7, 11) is 0. The molecule has 0 saturated carbocycles. The second-order valence-electron chi connectivity index (χ2n) is 4.09. The van der Waals surface area contributed by atoms with Gasteiger partial charge in [0.2, 0.25) is 0 Å². The molecule has 0 unspecified atom stereocenters. The topological polar surface area (TPSA) is 26.3 Å². The zero-order valence-corrected chi connectivity index (χ0v) is 11.1. The van der Waals surface area contributed by atoms with Gasteiger partial charge >= 0.3 is 5.97 Å². The largest absolute Gasteiger partial charge is 0.463 e. The van der Waals surface area contributed by atoms with Crippen LogP contribution in [-0.4, -0.2) is 12.6 Å². The molecule has 0 radical (unpaired) electrons. The normalized spacial score (nSPS) is 11.8. The van der Waals surface area contributed by atoms with Gasteiger partial charge in [0, 0.05) is 6.08 Å². The Morgan fingerprint density at radius 3 is 2.67 bits per heavy atom. The van der Waals surface area contributed by atoms with Crippen LogP contribution < -0.4 is 0 Å². The average molecular weight is 244 g/mol. The van der Waals surface area contributed by atoms with Gasteiger partial charge < -0.3 is 4.74 Å². The van der Waals surface area contributed by atoms with E-state index in [0.29, 0.717) is 6.61 Å². The van der Waals surface area contributed by atoms with Gasteiger partial charge in [-0.3, -0.25) is 0 Å². The first-order chi connectivity index (χ1) is 8.72. The molecule has 96 valence electrons. The molecule has 1 rings (SSSR count). The van der Waals surface area contributed by atoms with Gasteiger partial charge in [-0.05, 0) is 32.3 Å². The van der Waals surface area contributed by atoms with Crippen molar-refractivity contribution < 1.29 is 9.53 Å². The lowest BCUT2D eigenvalue weighted by molar-refractivity contribution is -0.137. The Bertz CT molecular complexity index is 416. The zero-order valence-electron chi connectivity index (χ0n) is 11.1. The van der Waals surface area contributed by atoms with E-state index in [0.717, 1.165) is 18.4 Å². The Morgan fingerprint density at radius 2 is 2.00 bits per heavy atom. The Balaban J connectivity index is 2.33. The fourth-order valence-electron chi connectivity index (χ4n) is 1.55. The van der Waals surface area contributed by atoms with Crippen LogP contribution in [0.3, 0.4) is 0 Å². The molecule has 0 saturated heterocycles. The van der Waals surface area contributed by atoms with Crippen molar-refractivity contribution in [2.24, 2.45) is 0 Å². The summed E-state index contributed by atoms with van der Waals surface area (Å²) in [4.78, 5) is 11.2. The molecule has 0 aromatic heterocycles. The number of ether oxygens (including phenoxy) is 1. The van der Waals surface area contributed by atoms with Gasteiger partial charge in [0.1, 0.15) is 0 Å². The van der Waals surface area contributed by atoms with E-state index in [2.05, 4.69) is 24.3 Å². The molecule has 0 fully saturated rings. The summed E-state index contributed by atoms with van der Waals surface area (Å²) in [6.45, 7) is 4.19. The van der Waals surface area contributed by atoms with Gasteiger partial charge in [0.05, 0.1) is 6.61 Å². The van der Waals surface area contributed by atoms with Crippen molar-refractivity contribution in [2.45, 2.75) is 26.7 Å². The van der Waals surface area contributed by atoms with E-state index < -0.39 is 0 Å². The van der Waals surface area contributed by atoms with Crippen LogP contribution in [-0.2, 0) is 9.53 Å². The van der Waals surface area contributed by atoms with Gasteiger partial charge in [-0.15, -0.1) is 0 Å². The minimum absolute atomic E-state index is 0.248. The summed E-state index contributed by atoms with van der Waals surface area (Å²) in [6, 6.07) is 10.2. The smallest absolute Gasteiger partial charge is 0.330 e. The van der Waals surface area contributed by atoms with E-state index in [1.165, 1.54) is 5.56 Å². The van der Waals surface area contributed by atoms with E-state index in [9.17, 15) is 4.79 Å². The maximum absolute atomic E-state index is 11.2. The highest BCUT2D eigenvalue weighted by molar-refractivity contribution is 5.82. The lowest BCUT2D eigenvalue weighted by Crippen LogP contribution is -2.00. The summed E-state index contributed by atoms with van der Waals surface area (Å²) >= 11 is 0. The van der Waals surface area contributed by atoms with Crippen molar-refractivity contribution in [3.63, 3.8) is 0 Å². The van der Waals surface area contributed by atoms with E-state index in [1.54, 1.807) is 6.08 Å². The van der Waals surface area contributed by atoms with Gasteiger partial charge in [-0.25, -0.2) is 4.79 Å².